The van der Waals surface area contributed by atoms with Crippen LogP contribution in [0.4, 0.5) is 0 Å². The summed E-state index contributed by atoms with van der Waals surface area (Å²) in [6.07, 6.45) is 8.86. The second kappa shape index (κ2) is 6.60. The topological polar surface area (TPSA) is 64.9 Å². The van der Waals surface area contributed by atoms with E-state index in [4.69, 9.17) is 4.42 Å². The number of hydrogen-bond acceptors (Lipinski definition) is 5. The first-order valence-corrected chi connectivity index (χ1v) is 8.43. The summed E-state index contributed by atoms with van der Waals surface area (Å²) in [6, 6.07) is 6.42. The van der Waals surface area contributed by atoms with Crippen molar-refractivity contribution < 1.29 is 4.42 Å². The summed E-state index contributed by atoms with van der Waals surface area (Å²) in [4.78, 5) is 2.42. The molecule has 0 bridgehead atoms. The van der Waals surface area contributed by atoms with Gasteiger partial charge in [-0.1, -0.05) is 5.21 Å². The molecule has 1 atom stereocenters. The van der Waals surface area contributed by atoms with E-state index in [1.165, 1.54) is 12.1 Å². The van der Waals surface area contributed by atoms with Gasteiger partial charge in [-0.25, -0.2) is 0 Å². The number of nitrogens with zero attached hydrogens (tertiary/aromatic N) is 6. The van der Waals surface area contributed by atoms with Crippen molar-refractivity contribution in [3.63, 3.8) is 0 Å². The Hall–Kier alpha value is -2.41. The van der Waals surface area contributed by atoms with E-state index in [2.05, 4.69) is 26.4 Å². The van der Waals surface area contributed by atoms with E-state index in [1.54, 1.807) is 6.26 Å². The smallest absolute Gasteiger partial charge is 0.120 e. The first kappa shape index (κ1) is 15.1. The molecule has 0 aromatic carbocycles. The van der Waals surface area contributed by atoms with Crippen LogP contribution in [-0.2, 0) is 26.6 Å². The third kappa shape index (κ3) is 3.12. The van der Waals surface area contributed by atoms with Crippen LogP contribution in [-0.4, -0.2) is 36.2 Å². The maximum Gasteiger partial charge on any atom is 0.120 e. The predicted molar refractivity (Wildman–Crippen MR) is 88.0 cm³/mol. The molecule has 7 heteroatoms. The quantitative estimate of drug-likeness (QED) is 0.695. The summed E-state index contributed by atoms with van der Waals surface area (Å²) in [7, 11) is 1.96. The van der Waals surface area contributed by atoms with Gasteiger partial charge in [0.25, 0.3) is 0 Å². The molecule has 1 aliphatic heterocycles. The highest BCUT2D eigenvalue weighted by Crippen LogP contribution is 2.32. The van der Waals surface area contributed by atoms with Crippen molar-refractivity contribution in [2.75, 3.05) is 6.54 Å². The SMILES string of the molecule is Cn1nccc1CCn1cc(CN2CCCC2c2ccco2)nn1. The molecule has 4 rings (SSSR count). The van der Waals surface area contributed by atoms with E-state index in [1.807, 2.05) is 40.9 Å². The number of rotatable bonds is 6. The average Bonchev–Trinajstić information content (AvgIpc) is 3.34. The molecule has 0 spiro atoms. The minimum atomic E-state index is 0.361. The van der Waals surface area contributed by atoms with Gasteiger partial charge in [-0.3, -0.25) is 14.3 Å². The lowest BCUT2D eigenvalue weighted by atomic mass is 10.1. The number of aromatic nitrogens is 5. The summed E-state index contributed by atoms with van der Waals surface area (Å²) in [5, 5.41) is 12.8. The predicted octanol–water partition coefficient (Wildman–Crippen LogP) is 2.18. The third-order valence-corrected chi connectivity index (χ3v) is 4.71. The van der Waals surface area contributed by atoms with Crippen molar-refractivity contribution in [2.24, 2.45) is 7.05 Å². The molecule has 1 saturated heterocycles. The molecule has 1 fully saturated rings. The van der Waals surface area contributed by atoms with Gasteiger partial charge in [-0.2, -0.15) is 5.10 Å². The molecule has 0 N–H and O–H groups in total. The van der Waals surface area contributed by atoms with Crippen molar-refractivity contribution in [1.29, 1.82) is 0 Å². The van der Waals surface area contributed by atoms with Crippen molar-refractivity contribution in [1.82, 2.24) is 29.7 Å². The standard InChI is InChI=1S/C17H22N6O/c1-21-15(6-8-18-21)7-10-23-13-14(19-20-23)12-22-9-2-4-16(22)17-5-3-11-24-17/h3,5-6,8,11,13,16H,2,4,7,9-10,12H2,1H3. The Morgan fingerprint density at radius 3 is 3.08 bits per heavy atom. The Labute approximate surface area is 140 Å². The Bertz CT molecular complexity index is 775. The van der Waals surface area contributed by atoms with Crippen molar-refractivity contribution >= 4 is 0 Å². The zero-order valence-corrected chi connectivity index (χ0v) is 13.9. The molecule has 126 valence electrons. The summed E-state index contributed by atoms with van der Waals surface area (Å²) in [5.41, 5.74) is 2.21. The van der Waals surface area contributed by atoms with Crippen LogP contribution in [0.1, 0.15) is 36.0 Å². The molecule has 0 aliphatic carbocycles. The zero-order valence-electron chi connectivity index (χ0n) is 13.9. The van der Waals surface area contributed by atoms with E-state index in [0.717, 1.165) is 43.9 Å². The molecule has 3 aromatic rings. The average molecular weight is 326 g/mol. The number of likely N-dealkylation sites (tertiary alicyclic amines) is 1. The van der Waals surface area contributed by atoms with Crippen LogP contribution in [0, 0.1) is 0 Å². The summed E-state index contributed by atoms with van der Waals surface area (Å²) in [5.74, 6) is 1.05. The van der Waals surface area contributed by atoms with Crippen LogP contribution in [0.25, 0.3) is 0 Å². The first-order valence-electron chi connectivity index (χ1n) is 8.43. The van der Waals surface area contributed by atoms with Gasteiger partial charge < -0.3 is 4.42 Å². The second-order valence-corrected chi connectivity index (χ2v) is 6.31. The second-order valence-electron chi connectivity index (χ2n) is 6.31. The Morgan fingerprint density at radius 1 is 1.33 bits per heavy atom. The molecule has 4 heterocycles. The summed E-state index contributed by atoms with van der Waals surface area (Å²) >= 11 is 0. The lowest BCUT2D eigenvalue weighted by Crippen LogP contribution is -2.22. The molecule has 0 radical (unpaired) electrons. The van der Waals surface area contributed by atoms with Gasteiger partial charge in [-0.05, 0) is 37.6 Å². The Kier molecular flexibility index (Phi) is 4.17. The molecule has 7 nitrogen and oxygen atoms in total. The molecule has 1 unspecified atom stereocenters. The molecule has 0 saturated carbocycles. The number of aryl methyl sites for hydroxylation is 3. The van der Waals surface area contributed by atoms with Crippen LogP contribution in [0.3, 0.4) is 0 Å². The zero-order chi connectivity index (χ0) is 16.4. The minimum absolute atomic E-state index is 0.361. The lowest BCUT2D eigenvalue weighted by molar-refractivity contribution is 0.218. The minimum Gasteiger partial charge on any atom is -0.468 e. The van der Waals surface area contributed by atoms with Gasteiger partial charge in [0.1, 0.15) is 5.76 Å². The highest BCUT2D eigenvalue weighted by Gasteiger charge is 2.28. The number of furan rings is 1. The van der Waals surface area contributed by atoms with Gasteiger partial charge in [-0.15, -0.1) is 5.10 Å². The van der Waals surface area contributed by atoms with E-state index < -0.39 is 0 Å². The third-order valence-electron chi connectivity index (χ3n) is 4.71. The Morgan fingerprint density at radius 2 is 2.29 bits per heavy atom. The lowest BCUT2D eigenvalue weighted by Gasteiger charge is -2.21. The fraction of sp³-hybridized carbons (Fsp3) is 0.471. The normalized spacial score (nSPS) is 18.5. The molecule has 3 aromatic heterocycles. The summed E-state index contributed by atoms with van der Waals surface area (Å²) < 4.78 is 9.41. The van der Waals surface area contributed by atoms with E-state index in [-0.39, 0.29) is 0 Å². The van der Waals surface area contributed by atoms with E-state index >= 15 is 0 Å². The highest BCUT2D eigenvalue weighted by molar-refractivity contribution is 5.08. The van der Waals surface area contributed by atoms with Crippen LogP contribution in [0.5, 0.6) is 0 Å². The van der Waals surface area contributed by atoms with Crippen LogP contribution in [0.15, 0.2) is 41.3 Å². The van der Waals surface area contributed by atoms with E-state index in [9.17, 15) is 0 Å². The van der Waals surface area contributed by atoms with Crippen molar-refractivity contribution in [3.05, 3.63) is 54.0 Å². The fourth-order valence-corrected chi connectivity index (χ4v) is 3.42. The van der Waals surface area contributed by atoms with E-state index in [0.29, 0.717) is 6.04 Å². The maximum absolute atomic E-state index is 5.59. The van der Waals surface area contributed by atoms with Gasteiger partial charge >= 0.3 is 0 Å². The molecular formula is C17H22N6O. The molecule has 24 heavy (non-hydrogen) atoms. The summed E-state index contributed by atoms with van der Waals surface area (Å²) in [6.45, 7) is 2.71. The number of hydrogen-bond donors (Lipinski definition) is 0. The van der Waals surface area contributed by atoms with Crippen molar-refractivity contribution in [2.45, 2.75) is 38.4 Å². The van der Waals surface area contributed by atoms with Gasteiger partial charge in [0.2, 0.25) is 0 Å². The highest BCUT2D eigenvalue weighted by atomic mass is 16.3. The van der Waals surface area contributed by atoms with Crippen LogP contribution >= 0.6 is 0 Å². The largest absolute Gasteiger partial charge is 0.468 e. The van der Waals surface area contributed by atoms with Gasteiger partial charge in [0.05, 0.1) is 18.0 Å². The fourth-order valence-electron chi connectivity index (χ4n) is 3.42. The molecule has 0 amide bonds. The first-order chi connectivity index (χ1) is 11.8. The molecular weight excluding hydrogens is 304 g/mol. The molecule has 1 aliphatic rings. The van der Waals surface area contributed by atoms with Gasteiger partial charge in [0.15, 0.2) is 0 Å². The monoisotopic (exact) mass is 326 g/mol. The maximum atomic E-state index is 5.59. The van der Waals surface area contributed by atoms with Crippen LogP contribution in [0.2, 0.25) is 0 Å². The Balaban J connectivity index is 1.37. The van der Waals surface area contributed by atoms with Crippen LogP contribution < -0.4 is 0 Å². The van der Waals surface area contributed by atoms with Gasteiger partial charge in [0, 0.05) is 44.6 Å². The van der Waals surface area contributed by atoms with Crippen molar-refractivity contribution in [3.8, 4) is 0 Å².